The van der Waals surface area contributed by atoms with Gasteiger partial charge in [-0.25, -0.2) is 8.78 Å². The molecule has 1 rings (SSSR count). The second kappa shape index (κ2) is 5.34. The van der Waals surface area contributed by atoms with E-state index in [2.05, 4.69) is 9.72 Å². The van der Waals surface area contributed by atoms with Crippen LogP contribution in [0, 0.1) is 3.57 Å². The SMILES string of the molecule is COC(=O)Cc1cc(I)cc(C(F)F)n1. The fraction of sp³-hybridized carbons (Fsp3) is 0.333. The van der Waals surface area contributed by atoms with Crippen LogP contribution in [-0.4, -0.2) is 18.1 Å². The van der Waals surface area contributed by atoms with Crippen LogP contribution in [0.4, 0.5) is 8.78 Å². The molecule has 0 radical (unpaired) electrons. The Kier molecular flexibility index (Phi) is 4.37. The molecule has 0 bridgehead atoms. The quantitative estimate of drug-likeness (QED) is 0.632. The first-order chi connectivity index (χ1) is 7.02. The molecule has 6 heteroatoms. The van der Waals surface area contributed by atoms with Gasteiger partial charge in [0, 0.05) is 3.57 Å². The molecule has 0 amide bonds. The Morgan fingerprint density at radius 2 is 2.27 bits per heavy atom. The molecule has 15 heavy (non-hydrogen) atoms. The summed E-state index contributed by atoms with van der Waals surface area (Å²) < 4.78 is 29.8. The summed E-state index contributed by atoms with van der Waals surface area (Å²) in [6.07, 6.45) is -2.72. The summed E-state index contributed by atoms with van der Waals surface area (Å²) >= 11 is 1.90. The van der Waals surface area contributed by atoms with Gasteiger partial charge >= 0.3 is 5.97 Å². The van der Waals surface area contributed by atoms with Gasteiger partial charge in [0.1, 0.15) is 5.69 Å². The number of hydrogen-bond acceptors (Lipinski definition) is 3. The van der Waals surface area contributed by atoms with Crippen molar-refractivity contribution in [2.24, 2.45) is 0 Å². The van der Waals surface area contributed by atoms with Crippen molar-refractivity contribution in [1.82, 2.24) is 4.98 Å². The van der Waals surface area contributed by atoms with Crippen LogP contribution in [0.1, 0.15) is 17.8 Å². The van der Waals surface area contributed by atoms with E-state index in [-0.39, 0.29) is 12.1 Å². The van der Waals surface area contributed by atoms with Crippen molar-refractivity contribution >= 4 is 28.6 Å². The Morgan fingerprint density at radius 1 is 1.60 bits per heavy atom. The summed E-state index contributed by atoms with van der Waals surface area (Å²) in [4.78, 5) is 14.6. The molecule has 0 unspecified atom stereocenters. The topological polar surface area (TPSA) is 39.2 Å². The van der Waals surface area contributed by atoms with Crippen molar-refractivity contribution in [3.8, 4) is 0 Å². The van der Waals surface area contributed by atoms with Gasteiger partial charge in [-0.05, 0) is 34.7 Å². The Hall–Kier alpha value is -0.790. The van der Waals surface area contributed by atoms with Gasteiger partial charge in [0.05, 0.1) is 19.2 Å². The minimum absolute atomic E-state index is 0.0902. The monoisotopic (exact) mass is 327 g/mol. The largest absolute Gasteiger partial charge is 0.469 e. The first-order valence-corrected chi connectivity index (χ1v) is 5.12. The molecule has 3 nitrogen and oxygen atoms in total. The third kappa shape index (κ3) is 3.69. The number of rotatable bonds is 3. The van der Waals surface area contributed by atoms with Crippen LogP contribution in [0.2, 0.25) is 0 Å². The summed E-state index contributed by atoms with van der Waals surface area (Å²) in [5, 5.41) is 0. The summed E-state index contributed by atoms with van der Waals surface area (Å²) in [6, 6.07) is 2.86. The molecule has 0 aliphatic rings. The lowest BCUT2D eigenvalue weighted by Crippen LogP contribution is -2.07. The van der Waals surface area contributed by atoms with E-state index in [1.807, 2.05) is 22.6 Å². The van der Waals surface area contributed by atoms with Crippen molar-refractivity contribution in [2.45, 2.75) is 12.8 Å². The second-order valence-electron chi connectivity index (χ2n) is 2.76. The lowest BCUT2D eigenvalue weighted by Gasteiger charge is -2.04. The maximum atomic E-state index is 12.4. The van der Waals surface area contributed by atoms with Crippen LogP contribution in [-0.2, 0) is 16.0 Å². The van der Waals surface area contributed by atoms with Gasteiger partial charge in [-0.1, -0.05) is 0 Å². The summed E-state index contributed by atoms with van der Waals surface area (Å²) in [5.74, 6) is -0.496. The molecular formula is C9H8F2INO2. The fourth-order valence-electron chi connectivity index (χ4n) is 0.995. The van der Waals surface area contributed by atoms with Crippen molar-refractivity contribution in [2.75, 3.05) is 7.11 Å². The minimum Gasteiger partial charge on any atom is -0.469 e. The van der Waals surface area contributed by atoms with Gasteiger partial charge in [0.15, 0.2) is 0 Å². The molecule has 0 spiro atoms. The number of pyridine rings is 1. The molecule has 0 fully saturated rings. The predicted molar refractivity (Wildman–Crippen MR) is 57.6 cm³/mol. The van der Waals surface area contributed by atoms with Crippen LogP contribution < -0.4 is 0 Å². The Morgan fingerprint density at radius 3 is 2.80 bits per heavy atom. The lowest BCUT2D eigenvalue weighted by molar-refractivity contribution is -0.139. The smallest absolute Gasteiger partial charge is 0.311 e. The van der Waals surface area contributed by atoms with Crippen molar-refractivity contribution in [1.29, 1.82) is 0 Å². The Balaban J connectivity index is 2.93. The molecule has 0 aliphatic carbocycles. The highest BCUT2D eigenvalue weighted by Gasteiger charge is 2.12. The Bertz CT molecular complexity index is 371. The highest BCUT2D eigenvalue weighted by atomic mass is 127. The number of ether oxygens (including phenoxy) is 1. The van der Waals surface area contributed by atoms with E-state index in [0.717, 1.165) is 0 Å². The molecule has 1 heterocycles. The highest BCUT2D eigenvalue weighted by molar-refractivity contribution is 14.1. The normalized spacial score (nSPS) is 10.5. The zero-order valence-electron chi connectivity index (χ0n) is 7.84. The lowest BCUT2D eigenvalue weighted by atomic mass is 10.2. The first-order valence-electron chi connectivity index (χ1n) is 4.04. The highest BCUT2D eigenvalue weighted by Crippen LogP contribution is 2.19. The number of halogens is 3. The zero-order chi connectivity index (χ0) is 11.4. The third-order valence-electron chi connectivity index (χ3n) is 1.64. The average Bonchev–Trinajstić information content (AvgIpc) is 2.16. The van der Waals surface area contributed by atoms with E-state index >= 15 is 0 Å². The minimum atomic E-state index is -2.63. The zero-order valence-corrected chi connectivity index (χ0v) is 9.99. The second-order valence-corrected chi connectivity index (χ2v) is 4.00. The molecule has 0 N–H and O–H groups in total. The molecule has 0 saturated heterocycles. The number of nitrogens with zero attached hydrogens (tertiary/aromatic N) is 1. The molecule has 0 aromatic carbocycles. The maximum Gasteiger partial charge on any atom is 0.311 e. The van der Waals surface area contributed by atoms with Crippen molar-refractivity contribution in [3.63, 3.8) is 0 Å². The van der Waals surface area contributed by atoms with Crippen LogP contribution >= 0.6 is 22.6 Å². The van der Waals surface area contributed by atoms with E-state index in [9.17, 15) is 13.6 Å². The van der Waals surface area contributed by atoms with Gasteiger partial charge in [0.25, 0.3) is 6.43 Å². The van der Waals surface area contributed by atoms with Gasteiger partial charge in [-0.2, -0.15) is 0 Å². The number of aromatic nitrogens is 1. The van der Waals surface area contributed by atoms with Gasteiger partial charge in [-0.15, -0.1) is 0 Å². The fourth-order valence-corrected chi connectivity index (χ4v) is 1.67. The van der Waals surface area contributed by atoms with E-state index < -0.39 is 12.4 Å². The van der Waals surface area contributed by atoms with Gasteiger partial charge in [0.2, 0.25) is 0 Å². The van der Waals surface area contributed by atoms with Crippen LogP contribution in [0.25, 0.3) is 0 Å². The standard InChI is InChI=1S/C9H8F2INO2/c1-15-8(14)4-6-2-5(12)3-7(13-6)9(10)11/h2-3,9H,4H2,1H3. The number of carbonyl (C=O) groups is 1. The molecule has 1 aromatic rings. The molecular weight excluding hydrogens is 319 g/mol. The van der Waals surface area contributed by atoms with E-state index in [0.29, 0.717) is 9.26 Å². The third-order valence-corrected chi connectivity index (χ3v) is 2.26. The maximum absolute atomic E-state index is 12.4. The molecule has 1 aromatic heterocycles. The molecule has 0 saturated carbocycles. The number of methoxy groups -OCH3 is 1. The van der Waals surface area contributed by atoms with Crippen LogP contribution in [0.15, 0.2) is 12.1 Å². The van der Waals surface area contributed by atoms with Crippen molar-refractivity contribution in [3.05, 3.63) is 27.1 Å². The number of alkyl halides is 2. The van der Waals surface area contributed by atoms with E-state index in [1.54, 1.807) is 6.07 Å². The van der Waals surface area contributed by atoms with E-state index in [4.69, 9.17) is 0 Å². The van der Waals surface area contributed by atoms with Crippen LogP contribution in [0.3, 0.4) is 0 Å². The predicted octanol–water partition coefficient (Wildman–Crippen LogP) is 2.34. The average molecular weight is 327 g/mol. The molecule has 0 atom stereocenters. The molecule has 82 valence electrons. The van der Waals surface area contributed by atoms with E-state index in [1.165, 1.54) is 13.2 Å². The Labute approximate surface area is 99.0 Å². The van der Waals surface area contributed by atoms with Crippen molar-refractivity contribution < 1.29 is 18.3 Å². The summed E-state index contributed by atoms with van der Waals surface area (Å²) in [6.45, 7) is 0. The summed E-state index contributed by atoms with van der Waals surface area (Å²) in [5.41, 5.74) is -0.0233. The molecule has 0 aliphatic heterocycles. The summed E-state index contributed by atoms with van der Waals surface area (Å²) in [7, 11) is 1.24. The number of hydrogen-bond donors (Lipinski definition) is 0. The first kappa shape index (κ1) is 12.3. The number of carbonyl (C=O) groups excluding carboxylic acids is 1. The van der Waals surface area contributed by atoms with Gasteiger partial charge in [-0.3, -0.25) is 9.78 Å². The number of esters is 1. The van der Waals surface area contributed by atoms with Gasteiger partial charge < -0.3 is 4.74 Å². The van der Waals surface area contributed by atoms with Crippen LogP contribution in [0.5, 0.6) is 0 Å².